The smallest absolute Gasteiger partial charge is 0.323 e. The maximum absolute atomic E-state index is 12.9. The van der Waals surface area contributed by atoms with Gasteiger partial charge in [-0.2, -0.15) is 5.10 Å². The number of hydrogen-bond acceptors (Lipinski definition) is 4. The van der Waals surface area contributed by atoms with Gasteiger partial charge in [-0.25, -0.2) is 4.68 Å². The lowest BCUT2D eigenvalue weighted by atomic mass is 10.0. The molecular formula is C20H24N4O3. The Morgan fingerprint density at radius 3 is 2.78 bits per heavy atom. The predicted molar refractivity (Wildman–Crippen MR) is 99.5 cm³/mol. The predicted octanol–water partition coefficient (Wildman–Crippen LogP) is 1.70. The molecule has 0 aliphatic carbocycles. The van der Waals surface area contributed by atoms with E-state index in [1.165, 1.54) is 10.6 Å². The van der Waals surface area contributed by atoms with E-state index in [1.54, 1.807) is 0 Å². The van der Waals surface area contributed by atoms with Gasteiger partial charge in [0, 0.05) is 37.3 Å². The quantitative estimate of drug-likeness (QED) is 0.889. The number of carboxylic acids is 1. The summed E-state index contributed by atoms with van der Waals surface area (Å²) in [4.78, 5) is 27.7. The van der Waals surface area contributed by atoms with Gasteiger partial charge in [-0.3, -0.25) is 14.5 Å². The molecule has 1 aromatic carbocycles. The zero-order valence-corrected chi connectivity index (χ0v) is 15.3. The van der Waals surface area contributed by atoms with Crippen LogP contribution in [-0.4, -0.2) is 62.2 Å². The van der Waals surface area contributed by atoms with E-state index in [-0.39, 0.29) is 18.5 Å². The molecule has 142 valence electrons. The summed E-state index contributed by atoms with van der Waals surface area (Å²) in [7, 11) is 0. The molecule has 0 saturated carbocycles. The summed E-state index contributed by atoms with van der Waals surface area (Å²) in [5.74, 6) is -0.997. The summed E-state index contributed by atoms with van der Waals surface area (Å²) in [6, 6.07) is 9.83. The third-order valence-corrected chi connectivity index (χ3v) is 5.48. The molecule has 7 nitrogen and oxygen atoms in total. The van der Waals surface area contributed by atoms with Crippen LogP contribution in [-0.2, 0) is 22.6 Å². The molecule has 2 aromatic rings. The molecule has 4 rings (SSSR count). The van der Waals surface area contributed by atoms with E-state index < -0.39 is 5.97 Å². The van der Waals surface area contributed by atoms with Crippen molar-refractivity contribution in [3.63, 3.8) is 0 Å². The molecule has 1 N–H and O–H groups in total. The van der Waals surface area contributed by atoms with Crippen LogP contribution in [0.2, 0.25) is 0 Å². The number of amides is 1. The molecule has 1 aromatic heterocycles. The number of benzene rings is 1. The maximum atomic E-state index is 12.9. The zero-order chi connectivity index (χ0) is 18.8. The Morgan fingerprint density at radius 1 is 1.19 bits per heavy atom. The fourth-order valence-corrected chi connectivity index (χ4v) is 4.16. The number of fused-ring (bicyclic) bond motifs is 1. The Hall–Kier alpha value is -2.67. The van der Waals surface area contributed by atoms with Crippen LogP contribution in [0.5, 0.6) is 0 Å². The van der Waals surface area contributed by atoms with Crippen molar-refractivity contribution in [3.8, 4) is 5.69 Å². The van der Waals surface area contributed by atoms with Crippen LogP contribution in [0.1, 0.15) is 30.5 Å². The maximum Gasteiger partial charge on any atom is 0.323 e. The highest BCUT2D eigenvalue weighted by molar-refractivity contribution is 5.85. The van der Waals surface area contributed by atoms with E-state index in [4.69, 9.17) is 5.11 Å². The summed E-state index contributed by atoms with van der Waals surface area (Å²) >= 11 is 0. The zero-order valence-electron chi connectivity index (χ0n) is 15.3. The van der Waals surface area contributed by atoms with E-state index in [1.807, 2.05) is 41.2 Å². The van der Waals surface area contributed by atoms with Crippen molar-refractivity contribution in [2.45, 2.75) is 38.3 Å². The number of carboxylic acid groups (broad SMARTS) is 1. The second kappa shape index (κ2) is 7.52. The molecule has 1 saturated heterocycles. The van der Waals surface area contributed by atoms with Crippen molar-refractivity contribution in [2.75, 3.05) is 19.6 Å². The van der Waals surface area contributed by atoms with Gasteiger partial charge in [0.05, 0.1) is 17.9 Å². The minimum absolute atomic E-state index is 0.0474. The van der Waals surface area contributed by atoms with E-state index in [9.17, 15) is 9.59 Å². The second-order valence-corrected chi connectivity index (χ2v) is 7.25. The molecule has 0 bridgehead atoms. The van der Waals surface area contributed by atoms with Crippen molar-refractivity contribution < 1.29 is 14.7 Å². The van der Waals surface area contributed by atoms with Crippen LogP contribution in [0.15, 0.2) is 36.5 Å². The number of hydrogen-bond donors (Lipinski definition) is 1. The monoisotopic (exact) mass is 368 g/mol. The van der Waals surface area contributed by atoms with E-state index in [0.717, 1.165) is 43.5 Å². The largest absolute Gasteiger partial charge is 0.480 e. The van der Waals surface area contributed by atoms with Crippen LogP contribution in [0.25, 0.3) is 5.69 Å². The summed E-state index contributed by atoms with van der Waals surface area (Å²) in [6.45, 7) is 1.79. The molecular weight excluding hydrogens is 344 g/mol. The van der Waals surface area contributed by atoms with Gasteiger partial charge in [-0.15, -0.1) is 0 Å². The average molecular weight is 368 g/mol. The van der Waals surface area contributed by atoms with Gasteiger partial charge in [-0.1, -0.05) is 18.2 Å². The average Bonchev–Trinajstić information content (AvgIpc) is 3.01. The number of likely N-dealkylation sites (tertiary alicyclic amines) is 1. The van der Waals surface area contributed by atoms with E-state index in [0.29, 0.717) is 13.1 Å². The molecule has 0 radical (unpaired) electrons. The number of nitrogens with zero attached hydrogens (tertiary/aromatic N) is 4. The van der Waals surface area contributed by atoms with Gasteiger partial charge in [0.2, 0.25) is 5.91 Å². The van der Waals surface area contributed by atoms with Crippen LogP contribution in [0, 0.1) is 0 Å². The summed E-state index contributed by atoms with van der Waals surface area (Å²) in [6.07, 6.45) is 5.31. The minimum Gasteiger partial charge on any atom is -0.480 e. The molecule has 27 heavy (non-hydrogen) atoms. The van der Waals surface area contributed by atoms with Crippen LogP contribution in [0.4, 0.5) is 0 Å². The molecule has 2 aliphatic heterocycles. The Balaban J connectivity index is 1.53. The van der Waals surface area contributed by atoms with Crippen LogP contribution >= 0.6 is 0 Å². The number of para-hydroxylation sites is 1. The summed E-state index contributed by atoms with van der Waals surface area (Å²) in [5, 5.41) is 13.7. The Bertz CT molecular complexity index is 833. The minimum atomic E-state index is -0.950. The molecule has 1 atom stereocenters. The summed E-state index contributed by atoms with van der Waals surface area (Å²) in [5.41, 5.74) is 3.39. The van der Waals surface area contributed by atoms with Crippen LogP contribution in [0.3, 0.4) is 0 Å². The lowest BCUT2D eigenvalue weighted by Gasteiger charge is -2.35. The highest BCUT2D eigenvalue weighted by Gasteiger charge is 2.35. The number of aromatic nitrogens is 2. The molecule has 0 spiro atoms. The standard InChI is InChI=1S/C20H24N4O3/c25-19(26)14-23-10-5-4-8-18(20(23)27)22-11-9-17-15(13-22)12-21-24(17)16-6-2-1-3-7-16/h1-3,6-7,12,18H,4-5,8-11,13-14H2,(H,25,26). The Labute approximate surface area is 158 Å². The van der Waals surface area contributed by atoms with Crippen molar-refractivity contribution >= 4 is 11.9 Å². The van der Waals surface area contributed by atoms with Crippen molar-refractivity contribution in [2.24, 2.45) is 0 Å². The van der Waals surface area contributed by atoms with E-state index >= 15 is 0 Å². The third kappa shape index (κ3) is 3.60. The Kier molecular flexibility index (Phi) is 4.94. The molecule has 3 heterocycles. The van der Waals surface area contributed by atoms with Crippen molar-refractivity contribution in [1.82, 2.24) is 19.6 Å². The number of carbonyl (C=O) groups excluding carboxylic acids is 1. The first-order valence-electron chi connectivity index (χ1n) is 9.49. The third-order valence-electron chi connectivity index (χ3n) is 5.48. The first kappa shape index (κ1) is 17.7. The van der Waals surface area contributed by atoms with Gasteiger partial charge in [0.25, 0.3) is 0 Å². The first-order valence-corrected chi connectivity index (χ1v) is 9.49. The number of carbonyl (C=O) groups is 2. The molecule has 7 heteroatoms. The first-order chi connectivity index (χ1) is 13.1. The lowest BCUT2D eigenvalue weighted by molar-refractivity contribution is -0.146. The Morgan fingerprint density at radius 2 is 2.00 bits per heavy atom. The topological polar surface area (TPSA) is 78.7 Å². The normalized spacial score (nSPS) is 21.0. The highest BCUT2D eigenvalue weighted by Crippen LogP contribution is 2.26. The van der Waals surface area contributed by atoms with Gasteiger partial charge >= 0.3 is 5.97 Å². The van der Waals surface area contributed by atoms with Crippen molar-refractivity contribution in [1.29, 1.82) is 0 Å². The van der Waals surface area contributed by atoms with Gasteiger partial charge in [0.1, 0.15) is 6.54 Å². The summed E-state index contributed by atoms with van der Waals surface area (Å²) < 4.78 is 1.98. The van der Waals surface area contributed by atoms with Gasteiger partial charge in [0.15, 0.2) is 0 Å². The lowest BCUT2D eigenvalue weighted by Crippen LogP contribution is -2.50. The second-order valence-electron chi connectivity index (χ2n) is 7.25. The molecule has 1 amide bonds. The molecule has 1 unspecified atom stereocenters. The fourth-order valence-electron chi connectivity index (χ4n) is 4.16. The highest BCUT2D eigenvalue weighted by atomic mass is 16.4. The van der Waals surface area contributed by atoms with Crippen molar-refractivity contribution in [3.05, 3.63) is 47.8 Å². The SMILES string of the molecule is O=C(O)CN1CCCCC(N2CCc3c(cnn3-c3ccccc3)C2)C1=O. The molecule has 2 aliphatic rings. The van der Waals surface area contributed by atoms with Gasteiger partial charge < -0.3 is 10.0 Å². The number of rotatable bonds is 4. The number of aliphatic carboxylic acids is 1. The van der Waals surface area contributed by atoms with Crippen LogP contribution < -0.4 is 0 Å². The fraction of sp³-hybridized carbons (Fsp3) is 0.450. The van der Waals surface area contributed by atoms with E-state index in [2.05, 4.69) is 10.00 Å². The molecule has 1 fully saturated rings. The van der Waals surface area contributed by atoms with Gasteiger partial charge in [-0.05, 0) is 31.4 Å².